The minimum Gasteiger partial charge on any atom is -0.427 e. The van der Waals surface area contributed by atoms with Gasteiger partial charge in [-0.3, -0.25) is 0 Å². The molecule has 0 spiro atoms. The molecule has 58 heavy (non-hydrogen) atoms. The molecule has 0 fully saturated rings. The van der Waals surface area contributed by atoms with Gasteiger partial charge in [0.1, 0.15) is 0 Å². The Kier molecular flexibility index (Phi) is 14.4. The van der Waals surface area contributed by atoms with Crippen LogP contribution in [-0.4, -0.2) is 47.6 Å². The van der Waals surface area contributed by atoms with E-state index in [1.807, 2.05) is 42.7 Å². The molecule has 2 aliphatic rings. The van der Waals surface area contributed by atoms with Gasteiger partial charge < -0.3 is 19.5 Å². The highest BCUT2D eigenvalue weighted by Crippen LogP contribution is 2.44. The molecule has 0 saturated heterocycles. The molecule has 2 N–H and O–H groups in total. The summed E-state index contributed by atoms with van der Waals surface area (Å²) in [6, 6.07) is 19.0. The fourth-order valence-electron chi connectivity index (χ4n) is 8.49. The quantitative estimate of drug-likeness (QED) is 0.0884. The summed E-state index contributed by atoms with van der Waals surface area (Å²) in [6.45, 7) is 29.1. The van der Waals surface area contributed by atoms with E-state index in [9.17, 15) is 10.2 Å². The van der Waals surface area contributed by atoms with Gasteiger partial charge in [-0.25, -0.2) is 0 Å². The summed E-state index contributed by atoms with van der Waals surface area (Å²) in [7, 11) is 3.75. The number of aryl methyl sites for hydroxylation is 4. The maximum Gasteiger partial charge on any atom is 0.331 e. The minimum atomic E-state index is -1.02. The Morgan fingerprint density at radius 2 is 0.845 bits per heavy atom. The molecule has 0 aromatic heterocycles. The minimum absolute atomic E-state index is 0.361. The first-order valence-corrected chi connectivity index (χ1v) is 22.6. The van der Waals surface area contributed by atoms with E-state index in [1.54, 1.807) is 49.9 Å². The van der Waals surface area contributed by atoms with Crippen LogP contribution in [0.15, 0.2) is 48.5 Å². The van der Waals surface area contributed by atoms with Gasteiger partial charge in [-0.15, -0.1) is 0 Å². The van der Waals surface area contributed by atoms with Crippen molar-refractivity contribution < 1.29 is 19.5 Å². The summed E-state index contributed by atoms with van der Waals surface area (Å²) < 4.78 is 12.8. The van der Waals surface area contributed by atoms with E-state index in [2.05, 4.69) is 90.1 Å². The van der Waals surface area contributed by atoms with Gasteiger partial charge in [0, 0.05) is 0 Å². The third-order valence-electron chi connectivity index (χ3n) is 13.6. The van der Waals surface area contributed by atoms with Crippen LogP contribution in [0.25, 0.3) is 0 Å². The Labute approximate surface area is 356 Å². The Morgan fingerprint density at radius 1 is 0.500 bits per heavy atom. The second kappa shape index (κ2) is 17.9. The van der Waals surface area contributed by atoms with Crippen LogP contribution in [0.4, 0.5) is 0 Å². The second-order valence-electron chi connectivity index (χ2n) is 22.7. The van der Waals surface area contributed by atoms with Gasteiger partial charge >= 0.3 is 15.0 Å². The topological polar surface area (TPSA) is 58.9 Å². The molecule has 6 heteroatoms. The normalized spacial score (nSPS) is 17.3. The summed E-state index contributed by atoms with van der Waals surface area (Å²) in [6.07, 6.45) is 13.2. The standard InChI is InChI=1S/C52H78B2O4/c1-47(2,3)33-41-29-39-27-35(23-25-43(39)41)19-15-17-21-37-31-46(54-58-52(13,14)50(9,10)56)38(32-45(37)53-57-51(11,12)49(7,8)55)22-18-16-20-36-24-26-44-40(28-36)30-42(44)34-48(4,5)6/h23-28,31-32,41-42,55-56H,15-22,29-30,33-34H2,1-14H3. The maximum atomic E-state index is 10.9. The van der Waals surface area contributed by atoms with Crippen molar-refractivity contribution in [2.24, 2.45) is 10.8 Å². The average molecular weight is 789 g/mol. The summed E-state index contributed by atoms with van der Waals surface area (Å²) in [5.74, 6) is 1.42. The van der Waals surface area contributed by atoms with Crippen LogP contribution in [0.2, 0.25) is 0 Å². The molecule has 3 aromatic carbocycles. The third-order valence-corrected chi connectivity index (χ3v) is 13.6. The van der Waals surface area contributed by atoms with Crippen LogP contribution >= 0.6 is 0 Å². The van der Waals surface area contributed by atoms with E-state index in [0.717, 1.165) is 62.3 Å². The monoisotopic (exact) mass is 789 g/mol. The highest BCUT2D eigenvalue weighted by atomic mass is 16.5. The van der Waals surface area contributed by atoms with E-state index in [-0.39, 0.29) is 0 Å². The first kappa shape index (κ1) is 46.7. The second-order valence-corrected chi connectivity index (χ2v) is 22.7. The fraction of sp³-hybridized carbons (Fsp3) is 0.654. The summed E-state index contributed by atoms with van der Waals surface area (Å²) in [4.78, 5) is 0. The van der Waals surface area contributed by atoms with Crippen molar-refractivity contribution in [2.75, 3.05) is 0 Å². The van der Waals surface area contributed by atoms with E-state index >= 15 is 0 Å². The lowest BCUT2D eigenvalue weighted by Crippen LogP contribution is -2.50. The molecule has 2 aliphatic carbocycles. The van der Waals surface area contributed by atoms with Crippen LogP contribution in [0.1, 0.15) is 192 Å². The fourth-order valence-corrected chi connectivity index (χ4v) is 8.49. The number of aliphatic hydroxyl groups is 2. The molecule has 5 rings (SSSR count). The van der Waals surface area contributed by atoms with Crippen molar-refractivity contribution >= 4 is 25.9 Å². The van der Waals surface area contributed by atoms with Crippen LogP contribution in [0.3, 0.4) is 0 Å². The maximum absolute atomic E-state index is 10.9. The summed E-state index contributed by atoms with van der Waals surface area (Å²) in [5.41, 5.74) is 10.7. The first-order chi connectivity index (χ1) is 26.7. The average Bonchev–Trinajstić information content (AvgIpc) is 3.07. The predicted octanol–water partition coefficient (Wildman–Crippen LogP) is 10.6. The van der Waals surface area contributed by atoms with Gasteiger partial charge in [0.15, 0.2) is 0 Å². The van der Waals surface area contributed by atoms with Crippen molar-refractivity contribution in [1.29, 1.82) is 0 Å². The number of unbranched alkanes of at least 4 members (excludes halogenated alkanes) is 2. The zero-order chi connectivity index (χ0) is 42.9. The smallest absolute Gasteiger partial charge is 0.331 e. The lowest BCUT2D eigenvalue weighted by molar-refractivity contribution is -0.0893. The van der Waals surface area contributed by atoms with E-state index < -0.39 is 22.4 Å². The van der Waals surface area contributed by atoms with Gasteiger partial charge in [-0.05, 0) is 188 Å². The van der Waals surface area contributed by atoms with Gasteiger partial charge in [0.2, 0.25) is 0 Å². The lowest BCUT2D eigenvalue weighted by atomic mass is 9.69. The molecule has 4 nitrogen and oxygen atoms in total. The van der Waals surface area contributed by atoms with Crippen LogP contribution < -0.4 is 10.9 Å². The number of hydrogen-bond acceptors (Lipinski definition) is 4. The summed E-state index contributed by atoms with van der Waals surface area (Å²) in [5, 5.41) is 21.9. The molecular weight excluding hydrogens is 710 g/mol. The van der Waals surface area contributed by atoms with Crippen LogP contribution in [-0.2, 0) is 47.8 Å². The van der Waals surface area contributed by atoms with Crippen molar-refractivity contribution in [3.05, 3.63) is 93.0 Å². The molecule has 0 aliphatic heterocycles. The molecule has 0 bridgehead atoms. The SMILES string of the molecule is CC(C)(C)CC1Cc2cc(CCCCc3cc([B]OC(C)(C)C(C)(C)O)c(CCCCc4ccc5c(c4)CC5CC(C)(C)C)cc3[B]OC(C)(C)C(C)(C)O)ccc21. The van der Waals surface area contributed by atoms with Gasteiger partial charge in [0.05, 0.1) is 22.4 Å². The highest BCUT2D eigenvalue weighted by Gasteiger charge is 2.38. The molecule has 2 radical (unpaired) electrons. The predicted molar refractivity (Wildman–Crippen MR) is 247 cm³/mol. The molecule has 3 aromatic rings. The Bertz CT molecular complexity index is 1710. The van der Waals surface area contributed by atoms with Crippen molar-refractivity contribution in [2.45, 2.75) is 208 Å². The van der Waals surface area contributed by atoms with Crippen LogP contribution in [0.5, 0.6) is 0 Å². The highest BCUT2D eigenvalue weighted by molar-refractivity contribution is 6.50. The molecule has 2 atom stereocenters. The third kappa shape index (κ3) is 12.4. The van der Waals surface area contributed by atoms with Gasteiger partial charge in [-0.2, -0.15) is 0 Å². The molecule has 0 amide bonds. The zero-order valence-electron chi connectivity index (χ0n) is 39.1. The number of hydrogen-bond donors (Lipinski definition) is 2. The zero-order valence-corrected chi connectivity index (χ0v) is 39.1. The molecular formula is C52H78B2O4. The van der Waals surface area contributed by atoms with Gasteiger partial charge in [-0.1, -0.05) is 112 Å². The number of rotatable bonds is 20. The van der Waals surface area contributed by atoms with Crippen molar-refractivity contribution in [3.8, 4) is 0 Å². The number of benzene rings is 3. The first-order valence-electron chi connectivity index (χ1n) is 22.6. The van der Waals surface area contributed by atoms with Crippen LogP contribution in [0, 0.1) is 10.8 Å². The molecule has 2 unspecified atom stereocenters. The molecule has 0 saturated carbocycles. The summed E-state index contributed by atoms with van der Waals surface area (Å²) >= 11 is 0. The Hall–Kier alpha value is -2.37. The van der Waals surface area contributed by atoms with E-state index in [0.29, 0.717) is 22.7 Å². The Morgan fingerprint density at radius 3 is 1.16 bits per heavy atom. The van der Waals surface area contributed by atoms with E-state index in [4.69, 9.17) is 9.31 Å². The number of fused-ring (bicyclic) bond motifs is 2. The lowest BCUT2D eigenvalue weighted by Gasteiger charge is -2.38. The van der Waals surface area contributed by atoms with E-state index in [1.165, 1.54) is 47.9 Å². The molecule has 316 valence electrons. The largest absolute Gasteiger partial charge is 0.427 e. The van der Waals surface area contributed by atoms with Gasteiger partial charge in [0.25, 0.3) is 0 Å². The molecule has 0 heterocycles. The Balaban J connectivity index is 1.30. The van der Waals surface area contributed by atoms with Crippen molar-refractivity contribution in [3.63, 3.8) is 0 Å². The van der Waals surface area contributed by atoms with Crippen molar-refractivity contribution in [1.82, 2.24) is 0 Å².